The summed E-state index contributed by atoms with van der Waals surface area (Å²) in [6, 6.07) is 15.9. The molecule has 2 aromatic rings. The van der Waals surface area contributed by atoms with E-state index in [4.69, 9.17) is 4.74 Å². The molecule has 0 spiro atoms. The van der Waals surface area contributed by atoms with E-state index < -0.39 is 0 Å². The molecule has 2 amide bonds. The van der Waals surface area contributed by atoms with Crippen LogP contribution in [0.25, 0.3) is 0 Å². The van der Waals surface area contributed by atoms with Crippen LogP contribution in [0.3, 0.4) is 0 Å². The number of para-hydroxylation sites is 1. The Labute approximate surface area is 149 Å². The molecule has 0 atom stereocenters. The molecule has 1 heterocycles. The molecule has 5 nitrogen and oxygen atoms in total. The van der Waals surface area contributed by atoms with Crippen LogP contribution in [0.5, 0.6) is 0 Å². The summed E-state index contributed by atoms with van der Waals surface area (Å²) in [7, 11) is 0. The number of benzene rings is 2. The van der Waals surface area contributed by atoms with Gasteiger partial charge in [-0.25, -0.2) is 4.79 Å². The molecule has 5 heteroatoms. The number of hydrogen-bond donors (Lipinski definition) is 2. The summed E-state index contributed by atoms with van der Waals surface area (Å²) in [5.41, 5.74) is 4.25. The summed E-state index contributed by atoms with van der Waals surface area (Å²) >= 11 is 0. The molecule has 2 N–H and O–H groups in total. The Kier molecular flexibility index (Phi) is 6.04. The van der Waals surface area contributed by atoms with Gasteiger partial charge in [0, 0.05) is 31.9 Å². The van der Waals surface area contributed by atoms with Crippen molar-refractivity contribution in [2.24, 2.45) is 0 Å². The lowest BCUT2D eigenvalue weighted by molar-refractivity contribution is 0.0342. The Hall–Kier alpha value is -2.37. The van der Waals surface area contributed by atoms with E-state index in [1.54, 1.807) is 0 Å². The topological polar surface area (TPSA) is 53.6 Å². The predicted molar refractivity (Wildman–Crippen MR) is 99.6 cm³/mol. The third-order valence-electron chi connectivity index (χ3n) is 4.35. The third-order valence-corrected chi connectivity index (χ3v) is 4.35. The molecule has 1 saturated heterocycles. The van der Waals surface area contributed by atoms with Crippen LogP contribution in [0.4, 0.5) is 10.5 Å². The lowest BCUT2D eigenvalue weighted by Gasteiger charge is -2.26. The van der Waals surface area contributed by atoms with Gasteiger partial charge in [-0.3, -0.25) is 4.90 Å². The fourth-order valence-electron chi connectivity index (χ4n) is 2.92. The predicted octanol–water partition coefficient (Wildman–Crippen LogP) is 3.15. The summed E-state index contributed by atoms with van der Waals surface area (Å²) < 4.78 is 5.39. The second-order valence-electron chi connectivity index (χ2n) is 6.33. The van der Waals surface area contributed by atoms with Gasteiger partial charge in [-0.2, -0.15) is 0 Å². The van der Waals surface area contributed by atoms with Gasteiger partial charge in [0.1, 0.15) is 0 Å². The number of hydrogen-bond acceptors (Lipinski definition) is 3. The summed E-state index contributed by atoms with van der Waals surface area (Å²) in [4.78, 5) is 14.5. The molecule has 3 rings (SSSR count). The first kappa shape index (κ1) is 17.5. The van der Waals surface area contributed by atoms with Crippen LogP contribution in [0.15, 0.2) is 48.5 Å². The Morgan fingerprint density at radius 3 is 2.64 bits per heavy atom. The minimum Gasteiger partial charge on any atom is -0.379 e. The Balaban J connectivity index is 1.51. The number of nitrogens with one attached hydrogen (secondary N) is 2. The van der Waals surface area contributed by atoms with Gasteiger partial charge in [0.15, 0.2) is 0 Å². The van der Waals surface area contributed by atoms with E-state index in [1.807, 2.05) is 43.3 Å². The van der Waals surface area contributed by atoms with Crippen LogP contribution in [-0.2, 0) is 17.8 Å². The lowest BCUT2D eigenvalue weighted by Crippen LogP contribution is -2.35. The first-order chi connectivity index (χ1) is 12.2. The number of nitrogens with zero attached hydrogens (tertiary/aromatic N) is 1. The zero-order valence-electron chi connectivity index (χ0n) is 14.6. The van der Waals surface area contributed by atoms with E-state index in [0.29, 0.717) is 6.54 Å². The van der Waals surface area contributed by atoms with E-state index in [9.17, 15) is 4.79 Å². The highest BCUT2D eigenvalue weighted by Gasteiger charge is 2.11. The first-order valence-electron chi connectivity index (χ1n) is 8.69. The largest absolute Gasteiger partial charge is 0.379 e. The van der Waals surface area contributed by atoms with Crippen LogP contribution < -0.4 is 10.6 Å². The Morgan fingerprint density at radius 2 is 1.84 bits per heavy atom. The summed E-state index contributed by atoms with van der Waals surface area (Å²) in [5.74, 6) is 0. The van der Waals surface area contributed by atoms with Crippen molar-refractivity contribution in [1.29, 1.82) is 0 Å². The maximum Gasteiger partial charge on any atom is 0.319 e. The molecule has 2 aromatic carbocycles. The van der Waals surface area contributed by atoms with Gasteiger partial charge >= 0.3 is 6.03 Å². The smallest absolute Gasteiger partial charge is 0.319 e. The molecule has 0 aliphatic carbocycles. The molecular formula is C20H25N3O2. The van der Waals surface area contributed by atoms with Gasteiger partial charge < -0.3 is 15.4 Å². The Morgan fingerprint density at radius 1 is 1.08 bits per heavy atom. The van der Waals surface area contributed by atoms with Gasteiger partial charge in [-0.05, 0) is 29.7 Å². The normalized spacial score (nSPS) is 14.9. The summed E-state index contributed by atoms with van der Waals surface area (Å²) in [5, 5.41) is 5.81. The van der Waals surface area contributed by atoms with Gasteiger partial charge in [-0.15, -0.1) is 0 Å². The van der Waals surface area contributed by atoms with Gasteiger partial charge in [0.2, 0.25) is 0 Å². The van der Waals surface area contributed by atoms with E-state index >= 15 is 0 Å². The minimum absolute atomic E-state index is 0.187. The number of morpholine rings is 1. The molecule has 0 radical (unpaired) electrons. The Bertz CT molecular complexity index is 712. The van der Waals surface area contributed by atoms with Crippen LogP contribution in [0.1, 0.15) is 16.7 Å². The van der Waals surface area contributed by atoms with Crippen molar-refractivity contribution >= 4 is 11.7 Å². The molecule has 1 aliphatic rings. The highest BCUT2D eigenvalue weighted by Crippen LogP contribution is 2.13. The van der Waals surface area contributed by atoms with Crippen LogP contribution in [-0.4, -0.2) is 37.2 Å². The molecule has 0 bridgehead atoms. The highest BCUT2D eigenvalue weighted by molar-refractivity contribution is 5.89. The fraction of sp³-hybridized carbons (Fsp3) is 0.350. The van der Waals surface area contributed by atoms with Crippen molar-refractivity contribution in [3.63, 3.8) is 0 Å². The average molecular weight is 339 g/mol. The molecule has 0 unspecified atom stereocenters. The van der Waals surface area contributed by atoms with Crippen molar-refractivity contribution in [1.82, 2.24) is 10.2 Å². The number of carbonyl (C=O) groups excluding carboxylic acids is 1. The molecule has 0 saturated carbocycles. The van der Waals surface area contributed by atoms with E-state index in [1.165, 1.54) is 5.56 Å². The van der Waals surface area contributed by atoms with Crippen molar-refractivity contribution in [2.75, 3.05) is 31.6 Å². The standard InChI is InChI=1S/C20H25N3O2/c1-16-5-2-3-8-19(16)22-20(24)21-14-17-6-4-7-18(13-17)15-23-9-11-25-12-10-23/h2-8,13H,9-12,14-15H2,1H3,(H2,21,22,24). The molecule has 1 fully saturated rings. The third kappa shape index (κ3) is 5.31. The number of aryl methyl sites for hydroxylation is 1. The van der Waals surface area contributed by atoms with E-state index in [-0.39, 0.29) is 6.03 Å². The SMILES string of the molecule is Cc1ccccc1NC(=O)NCc1cccc(CN2CCOCC2)c1. The number of carbonyl (C=O) groups is 1. The maximum absolute atomic E-state index is 12.1. The monoisotopic (exact) mass is 339 g/mol. The quantitative estimate of drug-likeness (QED) is 0.880. The van der Waals surface area contributed by atoms with Gasteiger partial charge in [-0.1, -0.05) is 42.5 Å². The number of urea groups is 1. The number of amides is 2. The average Bonchev–Trinajstić information content (AvgIpc) is 2.63. The lowest BCUT2D eigenvalue weighted by atomic mass is 10.1. The number of ether oxygens (including phenoxy) is 1. The van der Waals surface area contributed by atoms with Gasteiger partial charge in [0.05, 0.1) is 13.2 Å². The first-order valence-corrected chi connectivity index (χ1v) is 8.69. The molecule has 1 aliphatic heterocycles. The van der Waals surface area contributed by atoms with Crippen LogP contribution in [0.2, 0.25) is 0 Å². The summed E-state index contributed by atoms with van der Waals surface area (Å²) in [6.07, 6.45) is 0. The number of anilines is 1. The summed E-state index contributed by atoms with van der Waals surface area (Å²) in [6.45, 7) is 6.97. The zero-order chi connectivity index (χ0) is 17.5. The van der Waals surface area contributed by atoms with Crippen molar-refractivity contribution in [3.8, 4) is 0 Å². The fourth-order valence-corrected chi connectivity index (χ4v) is 2.92. The van der Waals surface area contributed by atoms with Crippen molar-refractivity contribution in [2.45, 2.75) is 20.0 Å². The molecule has 132 valence electrons. The molecule has 0 aromatic heterocycles. The number of rotatable bonds is 5. The van der Waals surface area contributed by atoms with Crippen LogP contribution in [0, 0.1) is 6.92 Å². The van der Waals surface area contributed by atoms with E-state index in [0.717, 1.165) is 49.7 Å². The minimum atomic E-state index is -0.187. The van der Waals surface area contributed by atoms with Crippen molar-refractivity contribution < 1.29 is 9.53 Å². The maximum atomic E-state index is 12.1. The van der Waals surface area contributed by atoms with Crippen molar-refractivity contribution in [3.05, 3.63) is 65.2 Å². The molecular weight excluding hydrogens is 314 g/mol. The van der Waals surface area contributed by atoms with Gasteiger partial charge in [0.25, 0.3) is 0 Å². The van der Waals surface area contributed by atoms with E-state index in [2.05, 4.69) is 27.7 Å². The molecule has 25 heavy (non-hydrogen) atoms. The highest BCUT2D eigenvalue weighted by atomic mass is 16.5. The zero-order valence-corrected chi connectivity index (χ0v) is 14.6. The van der Waals surface area contributed by atoms with Crippen LogP contribution >= 0.6 is 0 Å². The second kappa shape index (κ2) is 8.65. The second-order valence-corrected chi connectivity index (χ2v) is 6.33.